The fourth-order valence-corrected chi connectivity index (χ4v) is 2.15. The Morgan fingerprint density at radius 2 is 2.25 bits per heavy atom. The number of carbonyl (C=O) groups excluding carboxylic acids is 1. The Labute approximate surface area is 121 Å². The molecule has 0 saturated heterocycles. The van der Waals surface area contributed by atoms with E-state index >= 15 is 0 Å². The van der Waals surface area contributed by atoms with Crippen LogP contribution in [0.5, 0.6) is 0 Å². The fourth-order valence-electron chi connectivity index (χ4n) is 1.98. The lowest BCUT2D eigenvalue weighted by atomic mass is 10.3. The van der Waals surface area contributed by atoms with E-state index in [1.54, 1.807) is 0 Å². The summed E-state index contributed by atoms with van der Waals surface area (Å²) in [5.74, 6) is 0.885. The van der Waals surface area contributed by atoms with Crippen LogP contribution < -0.4 is 5.73 Å². The van der Waals surface area contributed by atoms with Gasteiger partial charge in [0.15, 0.2) is 5.65 Å². The monoisotopic (exact) mass is 296 g/mol. The highest BCUT2D eigenvalue weighted by Crippen LogP contribution is 2.15. The molecule has 0 saturated carbocycles. The van der Waals surface area contributed by atoms with Gasteiger partial charge in [-0.2, -0.15) is 0 Å². The zero-order valence-electron chi connectivity index (χ0n) is 11.3. The predicted octanol–water partition coefficient (Wildman–Crippen LogP) is 1.02. The van der Waals surface area contributed by atoms with Gasteiger partial charge in [-0.15, -0.1) is 11.6 Å². The number of primary amides is 1. The summed E-state index contributed by atoms with van der Waals surface area (Å²) in [6.07, 6.45) is 0.660. The number of fused-ring (bicyclic) bond motifs is 1. The highest BCUT2D eigenvalue weighted by molar-refractivity contribution is 6.17. The number of nitrogens with zero attached hydrogens (tertiary/aromatic N) is 3. The number of nitrogens with two attached hydrogens (primary N) is 1. The summed E-state index contributed by atoms with van der Waals surface area (Å²) in [4.78, 5) is 19.7. The third kappa shape index (κ3) is 3.46. The molecule has 20 heavy (non-hydrogen) atoms. The van der Waals surface area contributed by atoms with Gasteiger partial charge in [-0.3, -0.25) is 4.79 Å². The molecule has 2 aromatic rings. The summed E-state index contributed by atoms with van der Waals surface area (Å²) < 4.78 is 7.17. The molecular formula is C13H17ClN4O2. The molecule has 0 aliphatic heterocycles. The summed E-state index contributed by atoms with van der Waals surface area (Å²) in [6.45, 7) is 2.79. The molecule has 0 fully saturated rings. The second-order valence-corrected chi connectivity index (χ2v) is 4.81. The molecule has 0 bridgehead atoms. The Morgan fingerprint density at radius 1 is 1.45 bits per heavy atom. The largest absolute Gasteiger partial charge is 0.370 e. The van der Waals surface area contributed by atoms with Crippen molar-refractivity contribution in [2.75, 3.05) is 19.1 Å². The van der Waals surface area contributed by atoms with Crippen molar-refractivity contribution in [2.45, 2.75) is 19.9 Å². The molecule has 0 aromatic carbocycles. The fraction of sp³-hybridized carbons (Fsp3) is 0.462. The first-order valence-electron chi connectivity index (χ1n) is 6.36. The summed E-state index contributed by atoms with van der Waals surface area (Å²) in [5, 5.41) is 0. The summed E-state index contributed by atoms with van der Waals surface area (Å²) in [5.41, 5.74) is 7.60. The number of rotatable bonds is 7. The summed E-state index contributed by atoms with van der Waals surface area (Å²) in [7, 11) is 0. The summed E-state index contributed by atoms with van der Waals surface area (Å²) in [6, 6.07) is 3.86. The van der Waals surface area contributed by atoms with E-state index < -0.39 is 5.91 Å². The van der Waals surface area contributed by atoms with Gasteiger partial charge in [-0.25, -0.2) is 9.97 Å². The number of amides is 1. The van der Waals surface area contributed by atoms with Crippen molar-refractivity contribution >= 4 is 28.7 Å². The molecule has 7 heteroatoms. The standard InChI is InChI=1S/C13H17ClN4O2/c1-9-2-3-10-13(16-9)18(12(17-10)4-5-14)6-7-20-8-11(15)19/h2-3H,4-8H2,1H3,(H2,15,19). The van der Waals surface area contributed by atoms with E-state index in [4.69, 9.17) is 22.1 Å². The van der Waals surface area contributed by atoms with Crippen LogP contribution in [0.15, 0.2) is 12.1 Å². The zero-order valence-corrected chi connectivity index (χ0v) is 12.1. The van der Waals surface area contributed by atoms with Gasteiger partial charge in [-0.05, 0) is 19.1 Å². The average Bonchev–Trinajstić information content (AvgIpc) is 2.72. The molecule has 2 aromatic heterocycles. The minimum Gasteiger partial charge on any atom is -0.370 e. The zero-order chi connectivity index (χ0) is 14.5. The molecule has 6 nitrogen and oxygen atoms in total. The molecule has 2 N–H and O–H groups in total. The highest BCUT2D eigenvalue weighted by Gasteiger charge is 2.11. The number of halogens is 1. The van der Waals surface area contributed by atoms with E-state index in [0.717, 1.165) is 22.7 Å². The number of ether oxygens (including phenoxy) is 1. The minimum absolute atomic E-state index is 0.0794. The number of alkyl halides is 1. The molecular weight excluding hydrogens is 280 g/mol. The number of hydrogen-bond donors (Lipinski definition) is 1. The van der Waals surface area contributed by atoms with E-state index in [1.165, 1.54) is 0 Å². The van der Waals surface area contributed by atoms with Gasteiger partial charge in [-0.1, -0.05) is 0 Å². The maximum atomic E-state index is 10.6. The van der Waals surface area contributed by atoms with Gasteiger partial charge in [0.25, 0.3) is 0 Å². The normalized spacial score (nSPS) is 11.1. The smallest absolute Gasteiger partial charge is 0.243 e. The van der Waals surface area contributed by atoms with Gasteiger partial charge in [0.2, 0.25) is 5.91 Å². The molecule has 0 radical (unpaired) electrons. The van der Waals surface area contributed by atoms with E-state index in [9.17, 15) is 4.79 Å². The van der Waals surface area contributed by atoms with Crippen molar-refractivity contribution in [3.8, 4) is 0 Å². The van der Waals surface area contributed by atoms with Crippen LogP contribution in [0.25, 0.3) is 11.2 Å². The number of carbonyl (C=O) groups is 1. The van der Waals surface area contributed by atoms with Crippen LogP contribution in [0, 0.1) is 6.92 Å². The number of hydrogen-bond acceptors (Lipinski definition) is 4. The Balaban J connectivity index is 2.21. The van der Waals surface area contributed by atoms with Gasteiger partial charge >= 0.3 is 0 Å². The van der Waals surface area contributed by atoms with E-state index in [0.29, 0.717) is 25.5 Å². The van der Waals surface area contributed by atoms with E-state index in [1.807, 2.05) is 23.6 Å². The number of aromatic nitrogens is 3. The van der Waals surface area contributed by atoms with Crippen molar-refractivity contribution in [3.05, 3.63) is 23.7 Å². The number of aryl methyl sites for hydroxylation is 2. The first-order chi connectivity index (χ1) is 9.61. The number of pyridine rings is 1. The minimum atomic E-state index is -0.476. The average molecular weight is 297 g/mol. The van der Waals surface area contributed by atoms with Gasteiger partial charge in [0.1, 0.15) is 17.9 Å². The van der Waals surface area contributed by atoms with Crippen LogP contribution >= 0.6 is 11.6 Å². The van der Waals surface area contributed by atoms with Gasteiger partial charge in [0.05, 0.1) is 6.61 Å². The Hall–Kier alpha value is -1.66. The molecule has 0 aliphatic rings. The molecule has 1 amide bonds. The second-order valence-electron chi connectivity index (χ2n) is 4.43. The van der Waals surface area contributed by atoms with Crippen molar-refractivity contribution < 1.29 is 9.53 Å². The third-order valence-electron chi connectivity index (χ3n) is 2.83. The van der Waals surface area contributed by atoms with Crippen LogP contribution in [0.2, 0.25) is 0 Å². The maximum absolute atomic E-state index is 10.6. The van der Waals surface area contributed by atoms with Crippen molar-refractivity contribution in [2.24, 2.45) is 5.73 Å². The van der Waals surface area contributed by atoms with E-state index in [-0.39, 0.29) is 6.61 Å². The lowest BCUT2D eigenvalue weighted by Gasteiger charge is -2.08. The number of imidazole rings is 1. The Morgan fingerprint density at radius 3 is 2.95 bits per heavy atom. The summed E-state index contributed by atoms with van der Waals surface area (Å²) >= 11 is 5.80. The molecule has 0 aliphatic carbocycles. The van der Waals surface area contributed by atoms with Crippen LogP contribution in [0.4, 0.5) is 0 Å². The SMILES string of the molecule is Cc1ccc2nc(CCCl)n(CCOCC(N)=O)c2n1. The molecule has 2 rings (SSSR count). The molecule has 0 spiro atoms. The quantitative estimate of drug-likeness (QED) is 0.611. The topological polar surface area (TPSA) is 83.0 Å². The first-order valence-corrected chi connectivity index (χ1v) is 6.90. The lowest BCUT2D eigenvalue weighted by Crippen LogP contribution is -2.20. The molecule has 0 unspecified atom stereocenters. The first kappa shape index (κ1) is 14.7. The van der Waals surface area contributed by atoms with Crippen LogP contribution in [-0.2, 0) is 22.5 Å². The van der Waals surface area contributed by atoms with Crippen LogP contribution in [0.1, 0.15) is 11.5 Å². The van der Waals surface area contributed by atoms with Crippen molar-refractivity contribution in [1.82, 2.24) is 14.5 Å². The Kier molecular flexibility index (Phi) is 4.92. The molecule has 0 atom stereocenters. The highest BCUT2D eigenvalue weighted by atomic mass is 35.5. The van der Waals surface area contributed by atoms with Gasteiger partial charge in [0, 0.05) is 24.5 Å². The maximum Gasteiger partial charge on any atom is 0.243 e. The van der Waals surface area contributed by atoms with Gasteiger partial charge < -0.3 is 15.0 Å². The van der Waals surface area contributed by atoms with Crippen molar-refractivity contribution in [1.29, 1.82) is 0 Å². The lowest BCUT2D eigenvalue weighted by molar-refractivity contribution is -0.122. The van der Waals surface area contributed by atoms with E-state index in [2.05, 4.69) is 9.97 Å². The van der Waals surface area contributed by atoms with Crippen LogP contribution in [-0.4, -0.2) is 39.5 Å². The van der Waals surface area contributed by atoms with Crippen LogP contribution in [0.3, 0.4) is 0 Å². The predicted molar refractivity (Wildman–Crippen MR) is 76.7 cm³/mol. The molecule has 2 heterocycles. The third-order valence-corrected chi connectivity index (χ3v) is 3.02. The Bertz CT molecular complexity index is 612. The molecule has 108 valence electrons. The van der Waals surface area contributed by atoms with Crippen molar-refractivity contribution in [3.63, 3.8) is 0 Å². The second kappa shape index (κ2) is 6.67.